The summed E-state index contributed by atoms with van der Waals surface area (Å²) in [5.41, 5.74) is 1.38. The number of hydrogen-bond donors (Lipinski definition) is 1. The Hall–Kier alpha value is -2.50. The number of esters is 1. The standard InChI is InChI=1S/C13H13NO5/c1-17-10-4-7-8(5-11(10)18-2)13(16)14-9(7)6-12(15)19-3/h4-6H,1-3H3,(H,14,16)/b9-6+. The van der Waals surface area contributed by atoms with Crippen LogP contribution >= 0.6 is 0 Å². The van der Waals surface area contributed by atoms with Crippen molar-refractivity contribution in [1.82, 2.24) is 5.32 Å². The Morgan fingerprint density at radius 3 is 2.21 bits per heavy atom. The van der Waals surface area contributed by atoms with Gasteiger partial charge in [-0.3, -0.25) is 4.79 Å². The van der Waals surface area contributed by atoms with E-state index in [-0.39, 0.29) is 5.91 Å². The molecule has 0 radical (unpaired) electrons. The first-order valence-corrected chi connectivity index (χ1v) is 5.48. The van der Waals surface area contributed by atoms with E-state index in [0.29, 0.717) is 28.3 Å². The minimum atomic E-state index is -0.544. The molecule has 0 spiro atoms. The molecular formula is C13H13NO5. The highest BCUT2D eigenvalue weighted by molar-refractivity contribution is 6.12. The molecule has 0 unspecified atom stereocenters. The first kappa shape index (κ1) is 12.9. The van der Waals surface area contributed by atoms with Crippen LogP contribution in [0, 0.1) is 0 Å². The second-order valence-corrected chi connectivity index (χ2v) is 3.79. The van der Waals surface area contributed by atoms with E-state index in [1.165, 1.54) is 27.4 Å². The maximum Gasteiger partial charge on any atom is 0.332 e. The van der Waals surface area contributed by atoms with Crippen molar-refractivity contribution in [3.63, 3.8) is 0 Å². The lowest BCUT2D eigenvalue weighted by atomic mass is 10.1. The molecule has 100 valence electrons. The average molecular weight is 263 g/mol. The van der Waals surface area contributed by atoms with E-state index in [1.807, 2.05) is 0 Å². The fourth-order valence-electron chi connectivity index (χ4n) is 1.84. The highest BCUT2D eigenvalue weighted by atomic mass is 16.5. The first-order chi connectivity index (χ1) is 9.10. The Morgan fingerprint density at radius 1 is 1.11 bits per heavy atom. The maximum absolute atomic E-state index is 11.8. The average Bonchev–Trinajstić information content (AvgIpc) is 2.73. The van der Waals surface area contributed by atoms with Crippen molar-refractivity contribution in [1.29, 1.82) is 0 Å². The lowest BCUT2D eigenvalue weighted by molar-refractivity contribution is -0.134. The molecule has 0 aliphatic carbocycles. The third-order valence-corrected chi connectivity index (χ3v) is 2.77. The molecule has 19 heavy (non-hydrogen) atoms. The summed E-state index contributed by atoms with van der Waals surface area (Å²) in [6, 6.07) is 3.21. The molecule has 1 heterocycles. The minimum Gasteiger partial charge on any atom is -0.493 e. The van der Waals surface area contributed by atoms with Crippen LogP contribution in [0.25, 0.3) is 5.70 Å². The largest absolute Gasteiger partial charge is 0.493 e. The van der Waals surface area contributed by atoms with Gasteiger partial charge in [-0.25, -0.2) is 4.79 Å². The molecule has 1 aromatic rings. The van der Waals surface area contributed by atoms with Crippen molar-refractivity contribution in [2.75, 3.05) is 21.3 Å². The number of carbonyl (C=O) groups excluding carboxylic acids is 2. The van der Waals surface area contributed by atoms with Crippen molar-refractivity contribution in [2.24, 2.45) is 0 Å². The lowest BCUT2D eigenvalue weighted by Gasteiger charge is -2.09. The zero-order valence-electron chi connectivity index (χ0n) is 10.8. The molecule has 1 aliphatic heterocycles. The second kappa shape index (κ2) is 5.01. The number of ether oxygens (including phenoxy) is 3. The van der Waals surface area contributed by atoms with Crippen LogP contribution in [0.1, 0.15) is 15.9 Å². The van der Waals surface area contributed by atoms with Crippen LogP contribution in [-0.4, -0.2) is 33.2 Å². The van der Waals surface area contributed by atoms with Gasteiger partial charge in [0.25, 0.3) is 5.91 Å². The fourth-order valence-corrected chi connectivity index (χ4v) is 1.84. The number of carbonyl (C=O) groups is 2. The van der Waals surface area contributed by atoms with E-state index in [2.05, 4.69) is 10.1 Å². The Bertz CT molecular complexity index is 577. The van der Waals surface area contributed by atoms with Gasteiger partial charge in [0, 0.05) is 11.6 Å². The molecule has 1 aliphatic rings. The van der Waals surface area contributed by atoms with Gasteiger partial charge in [-0.15, -0.1) is 0 Å². The minimum absolute atomic E-state index is 0.300. The highest BCUT2D eigenvalue weighted by Gasteiger charge is 2.27. The number of rotatable bonds is 3. The Morgan fingerprint density at radius 2 is 1.68 bits per heavy atom. The van der Waals surface area contributed by atoms with Gasteiger partial charge < -0.3 is 19.5 Å². The number of amides is 1. The summed E-state index contributed by atoms with van der Waals surface area (Å²) < 4.78 is 14.8. The highest BCUT2D eigenvalue weighted by Crippen LogP contribution is 2.35. The Kier molecular flexibility index (Phi) is 3.41. The predicted molar refractivity (Wildman–Crippen MR) is 67.0 cm³/mol. The van der Waals surface area contributed by atoms with Crippen LogP contribution in [0.15, 0.2) is 18.2 Å². The second-order valence-electron chi connectivity index (χ2n) is 3.79. The summed E-state index contributed by atoms with van der Waals surface area (Å²) >= 11 is 0. The number of benzene rings is 1. The van der Waals surface area contributed by atoms with Crippen LogP contribution in [0.2, 0.25) is 0 Å². The van der Waals surface area contributed by atoms with Crippen LogP contribution in [0.5, 0.6) is 11.5 Å². The van der Waals surface area contributed by atoms with Gasteiger partial charge in [0.15, 0.2) is 11.5 Å². The maximum atomic E-state index is 11.8. The quantitative estimate of drug-likeness (QED) is 0.649. The summed E-state index contributed by atoms with van der Waals surface area (Å²) in [5.74, 6) is 0.0910. The summed E-state index contributed by atoms with van der Waals surface area (Å²) in [5, 5.41) is 2.60. The number of hydrogen-bond acceptors (Lipinski definition) is 5. The summed E-state index contributed by atoms with van der Waals surface area (Å²) in [4.78, 5) is 23.1. The fraction of sp³-hybridized carbons (Fsp3) is 0.231. The van der Waals surface area contributed by atoms with E-state index in [1.54, 1.807) is 12.1 Å². The third kappa shape index (κ3) is 2.24. The van der Waals surface area contributed by atoms with Gasteiger partial charge in [0.2, 0.25) is 0 Å². The monoisotopic (exact) mass is 263 g/mol. The molecular weight excluding hydrogens is 250 g/mol. The van der Waals surface area contributed by atoms with Crippen LogP contribution in [0.4, 0.5) is 0 Å². The van der Waals surface area contributed by atoms with Crippen LogP contribution in [0.3, 0.4) is 0 Å². The molecule has 0 saturated carbocycles. The molecule has 6 nitrogen and oxygen atoms in total. The van der Waals surface area contributed by atoms with Gasteiger partial charge in [0.05, 0.1) is 32.6 Å². The summed E-state index contributed by atoms with van der Waals surface area (Å²) in [7, 11) is 4.26. The topological polar surface area (TPSA) is 73.9 Å². The first-order valence-electron chi connectivity index (χ1n) is 5.48. The molecule has 1 amide bonds. The molecule has 0 aromatic heterocycles. The molecule has 2 rings (SSSR count). The normalized spacial score (nSPS) is 14.9. The third-order valence-electron chi connectivity index (χ3n) is 2.77. The van der Waals surface area contributed by atoms with Gasteiger partial charge in [-0.2, -0.15) is 0 Å². The van der Waals surface area contributed by atoms with Crippen molar-refractivity contribution in [2.45, 2.75) is 0 Å². The van der Waals surface area contributed by atoms with E-state index in [0.717, 1.165) is 0 Å². The number of methoxy groups -OCH3 is 3. The molecule has 0 atom stereocenters. The van der Waals surface area contributed by atoms with E-state index in [9.17, 15) is 9.59 Å². The molecule has 1 aromatic carbocycles. The van der Waals surface area contributed by atoms with Gasteiger partial charge >= 0.3 is 5.97 Å². The summed E-state index contributed by atoms with van der Waals surface area (Å²) in [6.45, 7) is 0. The van der Waals surface area contributed by atoms with Crippen LogP contribution < -0.4 is 14.8 Å². The Labute approximate surface area is 110 Å². The SMILES string of the molecule is COC(=O)/C=C1/NC(=O)c2cc(OC)c(OC)cc21. The zero-order valence-corrected chi connectivity index (χ0v) is 10.8. The van der Waals surface area contributed by atoms with E-state index < -0.39 is 5.97 Å². The Balaban J connectivity index is 2.55. The van der Waals surface area contributed by atoms with Gasteiger partial charge in [-0.05, 0) is 12.1 Å². The number of fused-ring (bicyclic) bond motifs is 1. The summed E-state index contributed by atoms with van der Waals surface area (Å²) in [6.07, 6.45) is 1.22. The zero-order chi connectivity index (χ0) is 14.0. The molecule has 1 N–H and O–H groups in total. The molecule has 6 heteroatoms. The molecule has 0 saturated heterocycles. The molecule has 0 fully saturated rings. The van der Waals surface area contributed by atoms with Crippen LogP contribution in [-0.2, 0) is 9.53 Å². The smallest absolute Gasteiger partial charge is 0.332 e. The van der Waals surface area contributed by atoms with Crippen molar-refractivity contribution in [3.05, 3.63) is 29.3 Å². The van der Waals surface area contributed by atoms with Crippen molar-refractivity contribution in [3.8, 4) is 11.5 Å². The van der Waals surface area contributed by atoms with Crippen molar-refractivity contribution >= 4 is 17.6 Å². The van der Waals surface area contributed by atoms with E-state index in [4.69, 9.17) is 9.47 Å². The van der Waals surface area contributed by atoms with Gasteiger partial charge in [-0.1, -0.05) is 0 Å². The van der Waals surface area contributed by atoms with Crippen molar-refractivity contribution < 1.29 is 23.8 Å². The lowest BCUT2D eigenvalue weighted by Crippen LogP contribution is -2.13. The predicted octanol–water partition coefficient (Wildman–Crippen LogP) is 0.961. The van der Waals surface area contributed by atoms with Gasteiger partial charge in [0.1, 0.15) is 0 Å². The molecule has 0 bridgehead atoms. The number of nitrogens with one attached hydrogen (secondary N) is 1. The van der Waals surface area contributed by atoms with E-state index >= 15 is 0 Å².